The van der Waals surface area contributed by atoms with Crippen LogP contribution in [0.4, 0.5) is 0 Å². The van der Waals surface area contributed by atoms with Crippen molar-refractivity contribution >= 4 is 28.0 Å². The smallest absolute Gasteiger partial charge is 0.131 e. The molecule has 0 N–H and O–H groups in total. The summed E-state index contributed by atoms with van der Waals surface area (Å²) >= 11 is 3.44. The number of hydrogen-bond donors (Lipinski definition) is 0. The minimum Gasteiger partial charge on any atom is -0.457 e. The molecule has 3 heteroatoms. The highest BCUT2D eigenvalue weighted by Gasteiger charge is 2.21. The molecule has 3 rings (SSSR count). The van der Waals surface area contributed by atoms with Gasteiger partial charge in [-0.25, -0.2) is 0 Å². The molecule has 2 nitrogen and oxygen atoms in total. The third-order valence-electron chi connectivity index (χ3n) is 3.08. The van der Waals surface area contributed by atoms with E-state index in [1.165, 1.54) is 0 Å². The van der Waals surface area contributed by atoms with Gasteiger partial charge in [0.2, 0.25) is 0 Å². The van der Waals surface area contributed by atoms with Crippen molar-refractivity contribution in [1.29, 1.82) is 0 Å². The molecule has 0 radical (unpaired) electrons. The highest BCUT2D eigenvalue weighted by molar-refractivity contribution is 9.10. The number of benzene rings is 2. The van der Waals surface area contributed by atoms with Gasteiger partial charge in [0, 0.05) is 15.6 Å². The van der Waals surface area contributed by atoms with Gasteiger partial charge in [-0.05, 0) is 24.3 Å². The van der Waals surface area contributed by atoms with Gasteiger partial charge in [0.05, 0.1) is 5.92 Å². The van der Waals surface area contributed by atoms with Crippen molar-refractivity contribution in [2.24, 2.45) is 0 Å². The lowest BCUT2D eigenvalue weighted by Crippen LogP contribution is -2.09. The molecule has 2 aromatic rings. The number of allylic oxidation sites excluding steroid dienone is 1. The quantitative estimate of drug-likeness (QED) is 0.778. The van der Waals surface area contributed by atoms with Gasteiger partial charge in [-0.15, -0.1) is 0 Å². The van der Waals surface area contributed by atoms with Gasteiger partial charge in [0.15, 0.2) is 0 Å². The summed E-state index contributed by atoms with van der Waals surface area (Å²) in [6.07, 6.45) is 2.80. The lowest BCUT2D eigenvalue weighted by atomic mass is 9.95. The van der Waals surface area contributed by atoms with Crippen LogP contribution < -0.4 is 4.74 Å². The monoisotopic (exact) mass is 314 g/mol. The predicted octanol–water partition coefficient (Wildman–Crippen LogP) is 4.17. The average Bonchev–Trinajstić information content (AvgIpc) is 2.46. The van der Waals surface area contributed by atoms with Gasteiger partial charge in [-0.1, -0.05) is 46.3 Å². The second kappa shape index (κ2) is 5.02. The second-order valence-corrected chi connectivity index (χ2v) is 5.26. The van der Waals surface area contributed by atoms with Gasteiger partial charge in [0.25, 0.3) is 0 Å². The molecule has 1 unspecified atom stereocenters. The van der Waals surface area contributed by atoms with Gasteiger partial charge in [-0.3, -0.25) is 0 Å². The molecule has 0 saturated heterocycles. The number of para-hydroxylation sites is 1. The summed E-state index contributed by atoms with van der Waals surface area (Å²) in [7, 11) is 0. The summed E-state index contributed by atoms with van der Waals surface area (Å²) in [5.74, 6) is 1.22. The number of fused-ring (bicyclic) bond motifs is 1. The first-order chi connectivity index (χ1) is 9.28. The van der Waals surface area contributed by atoms with Gasteiger partial charge in [-0.2, -0.15) is 0 Å². The molecule has 1 aliphatic rings. The SMILES string of the molecule is O=CC1C=C(c2cccc(Br)c2)Oc2ccccc21. The minimum atomic E-state index is -0.251. The van der Waals surface area contributed by atoms with Crippen LogP contribution in [-0.4, -0.2) is 6.29 Å². The highest BCUT2D eigenvalue weighted by Crippen LogP contribution is 2.36. The first-order valence-electron chi connectivity index (χ1n) is 5.98. The Labute approximate surface area is 119 Å². The highest BCUT2D eigenvalue weighted by atomic mass is 79.9. The van der Waals surface area contributed by atoms with Crippen LogP contribution in [0.2, 0.25) is 0 Å². The normalized spacial score (nSPS) is 17.1. The zero-order valence-electron chi connectivity index (χ0n) is 10.0. The van der Waals surface area contributed by atoms with Crippen molar-refractivity contribution in [3.8, 4) is 5.75 Å². The van der Waals surface area contributed by atoms with E-state index in [0.717, 1.165) is 33.4 Å². The fraction of sp³-hybridized carbons (Fsp3) is 0.0625. The van der Waals surface area contributed by atoms with Crippen LogP contribution >= 0.6 is 15.9 Å². The molecular formula is C16H11BrO2. The number of halogens is 1. The molecule has 1 aliphatic heterocycles. The van der Waals surface area contributed by atoms with Crippen molar-refractivity contribution < 1.29 is 9.53 Å². The van der Waals surface area contributed by atoms with E-state index < -0.39 is 0 Å². The van der Waals surface area contributed by atoms with Crippen LogP contribution in [0.5, 0.6) is 5.75 Å². The molecule has 0 aromatic heterocycles. The van der Waals surface area contributed by atoms with Gasteiger partial charge >= 0.3 is 0 Å². The molecule has 1 heterocycles. The van der Waals surface area contributed by atoms with Gasteiger partial charge < -0.3 is 9.53 Å². The molecule has 0 fully saturated rings. The van der Waals surface area contributed by atoms with Crippen molar-refractivity contribution in [3.63, 3.8) is 0 Å². The maximum Gasteiger partial charge on any atom is 0.131 e. The lowest BCUT2D eigenvalue weighted by Gasteiger charge is -2.22. The summed E-state index contributed by atoms with van der Waals surface area (Å²) in [6.45, 7) is 0. The molecule has 0 saturated carbocycles. The molecule has 0 aliphatic carbocycles. The number of hydrogen-bond acceptors (Lipinski definition) is 2. The van der Waals surface area contributed by atoms with Crippen molar-refractivity contribution in [3.05, 3.63) is 70.2 Å². The Morgan fingerprint density at radius 1 is 1.11 bits per heavy atom. The van der Waals surface area contributed by atoms with E-state index in [0.29, 0.717) is 0 Å². The Kier molecular flexibility index (Phi) is 3.22. The van der Waals surface area contributed by atoms with Crippen LogP contribution in [0.25, 0.3) is 5.76 Å². The molecule has 2 aromatic carbocycles. The van der Waals surface area contributed by atoms with Crippen LogP contribution in [0.3, 0.4) is 0 Å². The molecule has 1 atom stereocenters. The van der Waals surface area contributed by atoms with Crippen molar-refractivity contribution in [2.75, 3.05) is 0 Å². The van der Waals surface area contributed by atoms with E-state index in [2.05, 4.69) is 15.9 Å². The van der Waals surface area contributed by atoms with E-state index >= 15 is 0 Å². The molecule has 0 amide bonds. The number of ether oxygens (including phenoxy) is 1. The van der Waals surface area contributed by atoms with Crippen molar-refractivity contribution in [1.82, 2.24) is 0 Å². The number of carbonyl (C=O) groups is 1. The predicted molar refractivity (Wildman–Crippen MR) is 78.0 cm³/mol. The van der Waals surface area contributed by atoms with Crippen LogP contribution in [0.15, 0.2) is 59.1 Å². The molecule has 0 spiro atoms. The fourth-order valence-corrected chi connectivity index (χ4v) is 2.56. The van der Waals surface area contributed by atoms with E-state index in [4.69, 9.17) is 4.74 Å². The number of rotatable bonds is 2. The summed E-state index contributed by atoms with van der Waals surface area (Å²) in [5, 5.41) is 0. The van der Waals surface area contributed by atoms with Crippen LogP contribution in [0.1, 0.15) is 17.0 Å². The summed E-state index contributed by atoms with van der Waals surface area (Å²) in [4.78, 5) is 11.3. The van der Waals surface area contributed by atoms with E-state index in [1.807, 2.05) is 54.6 Å². The fourth-order valence-electron chi connectivity index (χ4n) is 2.16. The average molecular weight is 315 g/mol. The first-order valence-corrected chi connectivity index (χ1v) is 6.77. The maximum absolute atomic E-state index is 11.3. The lowest BCUT2D eigenvalue weighted by molar-refractivity contribution is -0.108. The Hall–Kier alpha value is -1.87. The maximum atomic E-state index is 11.3. The van der Waals surface area contributed by atoms with E-state index in [1.54, 1.807) is 0 Å². The summed E-state index contributed by atoms with van der Waals surface area (Å²) in [6, 6.07) is 15.5. The minimum absolute atomic E-state index is 0.251. The largest absolute Gasteiger partial charge is 0.457 e. The Morgan fingerprint density at radius 3 is 2.74 bits per heavy atom. The molecule has 94 valence electrons. The topological polar surface area (TPSA) is 26.3 Å². The van der Waals surface area contributed by atoms with E-state index in [-0.39, 0.29) is 5.92 Å². The zero-order valence-corrected chi connectivity index (χ0v) is 11.6. The molecule has 19 heavy (non-hydrogen) atoms. The Bertz CT molecular complexity index is 661. The van der Waals surface area contributed by atoms with E-state index in [9.17, 15) is 4.79 Å². The van der Waals surface area contributed by atoms with Gasteiger partial charge in [0.1, 0.15) is 17.8 Å². The zero-order chi connectivity index (χ0) is 13.2. The van der Waals surface area contributed by atoms with Crippen LogP contribution in [-0.2, 0) is 4.79 Å². The summed E-state index contributed by atoms with van der Waals surface area (Å²) in [5.41, 5.74) is 1.87. The number of carbonyl (C=O) groups excluding carboxylic acids is 1. The third kappa shape index (κ3) is 2.34. The Morgan fingerprint density at radius 2 is 1.95 bits per heavy atom. The standard InChI is InChI=1S/C16H11BrO2/c17-13-5-3-4-11(8-13)16-9-12(10-18)14-6-1-2-7-15(14)19-16/h1-10,12H. The Balaban J connectivity index is 2.06. The van der Waals surface area contributed by atoms with Crippen molar-refractivity contribution in [2.45, 2.75) is 5.92 Å². The second-order valence-electron chi connectivity index (χ2n) is 4.34. The summed E-state index contributed by atoms with van der Waals surface area (Å²) < 4.78 is 6.87. The number of aldehydes is 1. The first kappa shape index (κ1) is 12.2. The van der Waals surface area contributed by atoms with Crippen LogP contribution in [0, 0.1) is 0 Å². The molecular weight excluding hydrogens is 304 g/mol. The molecule has 0 bridgehead atoms. The third-order valence-corrected chi connectivity index (χ3v) is 3.58.